The summed E-state index contributed by atoms with van der Waals surface area (Å²) in [4.78, 5) is 0. The molecule has 0 fully saturated rings. The average molecular weight is 832 g/mol. The third-order valence-corrected chi connectivity index (χ3v) is 18.2. The van der Waals surface area contributed by atoms with Crippen molar-refractivity contribution in [3.63, 3.8) is 0 Å². The Morgan fingerprint density at radius 2 is 0.688 bits per heavy atom. The third kappa shape index (κ3) is 5.21. The minimum Gasteiger partial charge on any atom is -0.355 e. The molecule has 3 aromatic heterocycles. The molecule has 0 N–H and O–H groups in total. The number of rotatable bonds is 7. The lowest BCUT2D eigenvalue weighted by atomic mass is 10.0. The van der Waals surface area contributed by atoms with E-state index in [-0.39, 0.29) is 0 Å². The maximum absolute atomic E-state index is 3.34. The normalized spacial score (nSPS) is 12.1. The van der Waals surface area contributed by atoms with Crippen LogP contribution in [0, 0.1) is 0 Å². The Morgan fingerprint density at radius 1 is 0.281 bits per heavy atom. The highest BCUT2D eigenvalue weighted by Gasteiger charge is 2.46. The van der Waals surface area contributed by atoms with Gasteiger partial charge in [0.15, 0.2) is 0 Å². The monoisotopic (exact) mass is 831 g/mol. The SMILES string of the molecule is c1ccc(-c2cccc([Si](c3ccccc3)(c3ccccc3)n3c4ccccc4c4ccccc43)c2-n2c3ccccc3c3cc(-n4c5ccccc5c5ccccc54)ccc32)cc1. The molecule has 13 rings (SSSR count). The van der Waals surface area contributed by atoms with E-state index < -0.39 is 8.24 Å². The number of nitrogens with zero attached hydrogens (tertiary/aromatic N) is 3. The Balaban J connectivity index is 1.22. The largest absolute Gasteiger partial charge is 0.355 e. The molecule has 0 bridgehead atoms. The predicted molar refractivity (Wildman–Crippen MR) is 273 cm³/mol. The second kappa shape index (κ2) is 14.5. The maximum atomic E-state index is 2.77. The summed E-state index contributed by atoms with van der Waals surface area (Å²) in [6, 6.07) is 92.6. The van der Waals surface area contributed by atoms with Crippen molar-refractivity contribution >= 4 is 89.2 Å². The molecule has 0 radical (unpaired) electrons. The van der Waals surface area contributed by atoms with Gasteiger partial charge in [0, 0.05) is 54.6 Å². The molecule has 0 unspecified atom stereocenters. The number of para-hydroxylation sites is 6. The quantitative estimate of drug-likeness (QED) is 0.112. The van der Waals surface area contributed by atoms with Gasteiger partial charge in [-0.05, 0) is 69.7 Å². The first-order valence-electron chi connectivity index (χ1n) is 22.1. The molecule has 4 heteroatoms. The Labute approximate surface area is 372 Å². The first kappa shape index (κ1) is 36.5. The van der Waals surface area contributed by atoms with E-state index in [2.05, 4.69) is 262 Å². The molecular formula is C60H41N3Si. The maximum Gasteiger partial charge on any atom is 0.259 e. The molecule has 10 aromatic carbocycles. The van der Waals surface area contributed by atoms with Gasteiger partial charge in [-0.3, -0.25) is 0 Å². The molecule has 64 heavy (non-hydrogen) atoms. The number of hydrogen-bond acceptors (Lipinski definition) is 0. The van der Waals surface area contributed by atoms with Crippen LogP contribution in [0.4, 0.5) is 0 Å². The van der Waals surface area contributed by atoms with Crippen molar-refractivity contribution in [2.75, 3.05) is 0 Å². The Morgan fingerprint density at radius 3 is 1.22 bits per heavy atom. The van der Waals surface area contributed by atoms with Crippen LogP contribution in [0.5, 0.6) is 0 Å². The highest BCUT2D eigenvalue weighted by atomic mass is 28.3. The lowest BCUT2D eigenvalue weighted by molar-refractivity contribution is 1.17. The molecule has 0 aliphatic heterocycles. The average Bonchev–Trinajstić information content (AvgIpc) is 4.01. The van der Waals surface area contributed by atoms with Gasteiger partial charge in [0.25, 0.3) is 8.24 Å². The van der Waals surface area contributed by atoms with Gasteiger partial charge in [0.1, 0.15) is 0 Å². The van der Waals surface area contributed by atoms with Crippen LogP contribution in [0.25, 0.3) is 87.9 Å². The van der Waals surface area contributed by atoms with E-state index in [9.17, 15) is 0 Å². The van der Waals surface area contributed by atoms with E-state index in [0.29, 0.717) is 0 Å². The highest BCUT2D eigenvalue weighted by Crippen LogP contribution is 2.40. The summed E-state index contributed by atoms with van der Waals surface area (Å²) in [6.07, 6.45) is 0. The van der Waals surface area contributed by atoms with E-state index in [1.807, 2.05) is 0 Å². The molecule has 0 saturated heterocycles. The van der Waals surface area contributed by atoms with E-state index in [4.69, 9.17) is 0 Å². The fraction of sp³-hybridized carbons (Fsp3) is 0. The number of benzene rings is 10. The summed E-state index contributed by atoms with van der Waals surface area (Å²) in [6.45, 7) is 0. The van der Waals surface area contributed by atoms with Crippen LogP contribution < -0.4 is 15.6 Å². The van der Waals surface area contributed by atoms with Crippen LogP contribution in [0.3, 0.4) is 0 Å². The van der Waals surface area contributed by atoms with Crippen LogP contribution in [0.15, 0.2) is 249 Å². The number of hydrogen-bond donors (Lipinski definition) is 0. The summed E-state index contributed by atoms with van der Waals surface area (Å²) in [5.41, 5.74) is 11.9. The summed E-state index contributed by atoms with van der Waals surface area (Å²) in [5, 5.41) is 11.4. The highest BCUT2D eigenvalue weighted by molar-refractivity contribution is 7.11. The first-order chi connectivity index (χ1) is 31.8. The van der Waals surface area contributed by atoms with Gasteiger partial charge >= 0.3 is 0 Å². The Bertz CT molecular complexity index is 3750. The van der Waals surface area contributed by atoms with Gasteiger partial charge in [-0.25, -0.2) is 0 Å². The predicted octanol–water partition coefficient (Wildman–Crippen LogP) is 13.2. The van der Waals surface area contributed by atoms with Gasteiger partial charge in [0.2, 0.25) is 0 Å². The van der Waals surface area contributed by atoms with E-state index in [0.717, 1.165) is 5.69 Å². The minimum absolute atomic E-state index is 1.15. The minimum atomic E-state index is -3.34. The smallest absolute Gasteiger partial charge is 0.259 e. The summed E-state index contributed by atoms with van der Waals surface area (Å²) < 4.78 is 7.80. The molecule has 3 nitrogen and oxygen atoms in total. The lowest BCUT2D eigenvalue weighted by Gasteiger charge is -2.38. The summed E-state index contributed by atoms with van der Waals surface area (Å²) in [5.74, 6) is 0. The van der Waals surface area contributed by atoms with Gasteiger partial charge in [0.05, 0.1) is 27.8 Å². The topological polar surface area (TPSA) is 14.8 Å². The fourth-order valence-corrected chi connectivity index (χ4v) is 16.1. The van der Waals surface area contributed by atoms with E-state index in [1.165, 1.54) is 97.8 Å². The first-order valence-corrected chi connectivity index (χ1v) is 24.1. The fourth-order valence-electron chi connectivity index (χ4n) is 11.0. The summed E-state index contributed by atoms with van der Waals surface area (Å²) >= 11 is 0. The van der Waals surface area contributed by atoms with Crippen molar-refractivity contribution in [2.45, 2.75) is 0 Å². The molecule has 0 aliphatic rings. The lowest BCUT2D eigenvalue weighted by Crippen LogP contribution is -2.72. The van der Waals surface area contributed by atoms with E-state index >= 15 is 0 Å². The second-order valence-electron chi connectivity index (χ2n) is 16.8. The van der Waals surface area contributed by atoms with Crippen molar-refractivity contribution in [3.8, 4) is 22.5 Å². The molecule has 0 aliphatic carbocycles. The molecule has 300 valence electrons. The van der Waals surface area contributed by atoms with Crippen molar-refractivity contribution in [1.29, 1.82) is 0 Å². The van der Waals surface area contributed by atoms with Crippen LogP contribution in [-0.4, -0.2) is 21.6 Å². The van der Waals surface area contributed by atoms with E-state index in [1.54, 1.807) is 0 Å². The molecule has 0 atom stereocenters. The van der Waals surface area contributed by atoms with Crippen LogP contribution >= 0.6 is 0 Å². The molecule has 3 heterocycles. The molecule has 0 spiro atoms. The Hall–Kier alpha value is -8.18. The summed E-state index contributed by atoms with van der Waals surface area (Å²) in [7, 11) is -3.34. The molecule has 0 saturated carbocycles. The van der Waals surface area contributed by atoms with Crippen molar-refractivity contribution in [1.82, 2.24) is 13.4 Å². The zero-order valence-electron chi connectivity index (χ0n) is 35.0. The second-order valence-corrected chi connectivity index (χ2v) is 20.4. The van der Waals surface area contributed by atoms with Gasteiger partial charge in [-0.1, -0.05) is 200 Å². The van der Waals surface area contributed by atoms with Crippen LogP contribution in [-0.2, 0) is 0 Å². The standard InChI is InChI=1S/C60H41N3Si/c1-4-21-42(22-5-1)46-32-20-38-59(64(44-23-6-2-7-24-44,45-25-8-3-9-26-45)63-57-36-18-13-29-49(57)50-30-14-19-37-58(50)63)60(46)62-55-35-17-12-31-51(55)52-41-43(39-40-56(52)62)61-53-33-15-10-27-47(53)48-28-11-16-34-54(48)61/h1-41H. The van der Waals surface area contributed by atoms with Crippen molar-refractivity contribution in [3.05, 3.63) is 249 Å². The molecule has 0 amide bonds. The van der Waals surface area contributed by atoms with Crippen LogP contribution in [0.2, 0.25) is 0 Å². The van der Waals surface area contributed by atoms with Crippen molar-refractivity contribution < 1.29 is 0 Å². The number of aromatic nitrogens is 3. The van der Waals surface area contributed by atoms with Gasteiger partial charge in [-0.2, -0.15) is 0 Å². The Kier molecular flexibility index (Phi) is 8.23. The van der Waals surface area contributed by atoms with Crippen LogP contribution in [0.1, 0.15) is 0 Å². The zero-order chi connectivity index (χ0) is 42.2. The zero-order valence-corrected chi connectivity index (χ0v) is 36.0. The third-order valence-electron chi connectivity index (χ3n) is 13.5. The molecule has 13 aromatic rings. The number of fused-ring (bicyclic) bond motifs is 9. The van der Waals surface area contributed by atoms with Gasteiger partial charge < -0.3 is 13.4 Å². The molecular weight excluding hydrogens is 791 g/mol. The van der Waals surface area contributed by atoms with Crippen molar-refractivity contribution in [2.24, 2.45) is 0 Å². The van der Waals surface area contributed by atoms with Gasteiger partial charge in [-0.15, -0.1) is 0 Å².